The van der Waals surface area contributed by atoms with Gasteiger partial charge in [0.15, 0.2) is 6.61 Å². The number of amides is 1. The Hall–Kier alpha value is -3.03. The number of benzene rings is 3. The fourth-order valence-electron chi connectivity index (χ4n) is 3.12. The van der Waals surface area contributed by atoms with Gasteiger partial charge in [0.1, 0.15) is 5.75 Å². The van der Waals surface area contributed by atoms with Crippen molar-refractivity contribution in [1.82, 2.24) is 5.32 Å². The predicted octanol–water partition coefficient (Wildman–Crippen LogP) is 4.56. The summed E-state index contributed by atoms with van der Waals surface area (Å²) in [7, 11) is -3.51. The molecule has 1 N–H and O–H groups in total. The van der Waals surface area contributed by atoms with Crippen LogP contribution < -0.4 is 14.4 Å². The molecule has 1 atom stereocenters. The third-order valence-electron chi connectivity index (χ3n) is 4.81. The van der Waals surface area contributed by atoms with Gasteiger partial charge in [-0.1, -0.05) is 54.1 Å². The molecule has 8 heteroatoms. The molecule has 3 aromatic rings. The summed E-state index contributed by atoms with van der Waals surface area (Å²) in [5.74, 6) is 0.224. The number of sulfonamides is 1. The average Bonchev–Trinajstić information content (AvgIpc) is 2.77. The van der Waals surface area contributed by atoms with E-state index in [1.165, 1.54) is 4.31 Å². The Kier molecular flexibility index (Phi) is 7.77. The van der Waals surface area contributed by atoms with Crippen molar-refractivity contribution < 1.29 is 17.9 Å². The molecule has 0 aliphatic rings. The molecule has 32 heavy (non-hydrogen) atoms. The number of rotatable bonds is 9. The highest BCUT2D eigenvalue weighted by Crippen LogP contribution is 2.24. The van der Waals surface area contributed by atoms with E-state index in [0.717, 1.165) is 17.4 Å². The Labute approximate surface area is 193 Å². The minimum Gasteiger partial charge on any atom is -0.484 e. The van der Waals surface area contributed by atoms with Gasteiger partial charge in [0.25, 0.3) is 5.91 Å². The maximum Gasteiger partial charge on any atom is 0.258 e. The Morgan fingerprint density at radius 2 is 1.62 bits per heavy atom. The van der Waals surface area contributed by atoms with E-state index >= 15 is 0 Å². The molecule has 0 spiro atoms. The Morgan fingerprint density at radius 3 is 2.22 bits per heavy atom. The van der Waals surface area contributed by atoms with Gasteiger partial charge in [-0.05, 0) is 54.4 Å². The monoisotopic (exact) mass is 472 g/mol. The van der Waals surface area contributed by atoms with Crippen LogP contribution in [0.3, 0.4) is 0 Å². The van der Waals surface area contributed by atoms with Crippen LogP contribution in [-0.4, -0.2) is 27.2 Å². The minimum absolute atomic E-state index is 0.133. The van der Waals surface area contributed by atoms with Crippen molar-refractivity contribution >= 4 is 33.2 Å². The zero-order valence-corrected chi connectivity index (χ0v) is 19.4. The number of halogens is 1. The molecular weight excluding hydrogens is 448 g/mol. The highest BCUT2D eigenvalue weighted by molar-refractivity contribution is 7.92. The molecule has 0 aliphatic heterocycles. The molecule has 0 unspecified atom stereocenters. The molecule has 6 nitrogen and oxygen atoms in total. The Balaban J connectivity index is 1.61. The lowest BCUT2D eigenvalue weighted by atomic mass is 10.1. The fraction of sp³-hybridized carbons (Fsp3) is 0.208. The van der Waals surface area contributed by atoms with Gasteiger partial charge in [-0.2, -0.15) is 0 Å². The summed E-state index contributed by atoms with van der Waals surface area (Å²) in [4.78, 5) is 12.2. The van der Waals surface area contributed by atoms with Crippen LogP contribution in [0.15, 0.2) is 78.9 Å². The number of ether oxygens (including phenoxy) is 1. The second-order valence-electron chi connectivity index (χ2n) is 7.38. The lowest BCUT2D eigenvalue weighted by Crippen LogP contribution is -2.31. The van der Waals surface area contributed by atoms with Gasteiger partial charge in [0.2, 0.25) is 10.0 Å². The van der Waals surface area contributed by atoms with Gasteiger partial charge >= 0.3 is 0 Å². The lowest BCUT2D eigenvalue weighted by Gasteiger charge is -2.23. The van der Waals surface area contributed by atoms with Gasteiger partial charge in [-0.3, -0.25) is 9.10 Å². The third-order valence-corrected chi connectivity index (χ3v) is 6.20. The maximum absolute atomic E-state index is 12.3. The Bertz CT molecular complexity index is 1130. The number of nitrogens with zero attached hydrogens (tertiary/aromatic N) is 1. The first-order valence-corrected chi connectivity index (χ1v) is 12.2. The van der Waals surface area contributed by atoms with Crippen LogP contribution in [-0.2, 0) is 21.4 Å². The quantitative estimate of drug-likeness (QED) is 0.495. The number of hydrogen-bond donors (Lipinski definition) is 1. The average molecular weight is 473 g/mol. The molecule has 0 bridgehead atoms. The van der Waals surface area contributed by atoms with Crippen molar-refractivity contribution in [2.45, 2.75) is 19.5 Å². The molecule has 0 saturated heterocycles. The molecule has 3 aromatic carbocycles. The number of carbonyl (C=O) groups is 1. The van der Waals surface area contributed by atoms with Crippen molar-refractivity contribution in [3.8, 4) is 5.75 Å². The fourth-order valence-corrected chi connectivity index (χ4v) is 4.14. The second kappa shape index (κ2) is 10.5. The summed E-state index contributed by atoms with van der Waals surface area (Å²) in [6.07, 6.45) is 1.16. The zero-order valence-electron chi connectivity index (χ0n) is 17.9. The van der Waals surface area contributed by atoms with Crippen LogP contribution in [0.25, 0.3) is 0 Å². The summed E-state index contributed by atoms with van der Waals surface area (Å²) in [6, 6.07) is 23.1. The smallest absolute Gasteiger partial charge is 0.258 e. The molecular formula is C24H25ClN2O4S. The number of hydrogen-bond acceptors (Lipinski definition) is 4. The first kappa shape index (κ1) is 23.6. The molecule has 0 aliphatic carbocycles. The molecule has 168 valence electrons. The molecule has 0 fully saturated rings. The molecule has 0 aromatic heterocycles. The zero-order chi connectivity index (χ0) is 23.1. The minimum atomic E-state index is -3.51. The van der Waals surface area contributed by atoms with Crippen LogP contribution in [0.1, 0.15) is 24.1 Å². The van der Waals surface area contributed by atoms with E-state index in [2.05, 4.69) is 5.32 Å². The highest BCUT2D eigenvalue weighted by atomic mass is 35.5. The lowest BCUT2D eigenvalue weighted by molar-refractivity contribution is -0.123. The molecule has 0 saturated carbocycles. The van der Waals surface area contributed by atoms with Gasteiger partial charge < -0.3 is 10.1 Å². The van der Waals surface area contributed by atoms with E-state index in [9.17, 15) is 13.2 Å². The summed E-state index contributed by atoms with van der Waals surface area (Å²) in [6.45, 7) is 1.94. The van der Waals surface area contributed by atoms with Gasteiger partial charge in [-0.15, -0.1) is 0 Å². The summed E-state index contributed by atoms with van der Waals surface area (Å²) < 4.78 is 31.5. The first-order valence-electron chi connectivity index (χ1n) is 10.0. The van der Waals surface area contributed by atoms with Crippen LogP contribution in [0.2, 0.25) is 5.02 Å². The summed E-state index contributed by atoms with van der Waals surface area (Å²) in [5.41, 5.74) is 2.31. The molecule has 0 heterocycles. The summed E-state index contributed by atoms with van der Waals surface area (Å²) in [5, 5.41) is 3.47. The van der Waals surface area contributed by atoms with Crippen molar-refractivity contribution in [3.05, 3.63) is 95.0 Å². The number of nitrogens with one attached hydrogen (secondary N) is 1. The van der Waals surface area contributed by atoms with Gasteiger partial charge in [0.05, 0.1) is 24.5 Å². The number of anilines is 1. The van der Waals surface area contributed by atoms with E-state index in [0.29, 0.717) is 16.5 Å². The molecule has 1 amide bonds. The van der Waals surface area contributed by atoms with Gasteiger partial charge in [-0.25, -0.2) is 8.42 Å². The first-order chi connectivity index (χ1) is 15.2. The second-order valence-corrected chi connectivity index (χ2v) is 9.72. The van der Waals surface area contributed by atoms with E-state index < -0.39 is 10.0 Å². The van der Waals surface area contributed by atoms with E-state index in [1.54, 1.807) is 48.5 Å². The van der Waals surface area contributed by atoms with E-state index in [-0.39, 0.29) is 25.1 Å². The van der Waals surface area contributed by atoms with Crippen LogP contribution in [0, 0.1) is 0 Å². The SMILES string of the molecule is C[C@@H](NC(=O)COc1ccc(N(Cc2ccc(Cl)cc2)S(C)(=O)=O)cc1)c1ccccc1. The van der Waals surface area contributed by atoms with Crippen molar-refractivity contribution in [2.75, 3.05) is 17.2 Å². The molecule has 0 radical (unpaired) electrons. The summed E-state index contributed by atoms with van der Waals surface area (Å²) >= 11 is 5.91. The van der Waals surface area contributed by atoms with E-state index in [1.807, 2.05) is 37.3 Å². The molecule has 3 rings (SSSR count). The van der Waals surface area contributed by atoms with Crippen LogP contribution in [0.4, 0.5) is 5.69 Å². The normalized spacial score (nSPS) is 12.1. The third kappa shape index (κ3) is 6.73. The van der Waals surface area contributed by atoms with Crippen LogP contribution >= 0.6 is 11.6 Å². The predicted molar refractivity (Wildman–Crippen MR) is 127 cm³/mol. The van der Waals surface area contributed by atoms with Crippen molar-refractivity contribution in [3.63, 3.8) is 0 Å². The maximum atomic E-state index is 12.3. The van der Waals surface area contributed by atoms with Crippen molar-refractivity contribution in [2.24, 2.45) is 0 Å². The topological polar surface area (TPSA) is 75.7 Å². The standard InChI is InChI=1S/C24H25ClN2O4S/c1-18(20-6-4-3-5-7-20)26-24(28)17-31-23-14-12-22(13-15-23)27(32(2,29)30)16-19-8-10-21(25)11-9-19/h3-15,18H,16-17H2,1-2H3,(H,26,28)/t18-/m1/s1. The Morgan fingerprint density at radius 1 is 1.00 bits per heavy atom. The largest absolute Gasteiger partial charge is 0.484 e. The van der Waals surface area contributed by atoms with Crippen molar-refractivity contribution in [1.29, 1.82) is 0 Å². The highest BCUT2D eigenvalue weighted by Gasteiger charge is 2.18. The van der Waals surface area contributed by atoms with Crippen LogP contribution in [0.5, 0.6) is 5.75 Å². The van der Waals surface area contributed by atoms with Gasteiger partial charge in [0, 0.05) is 5.02 Å². The number of carbonyl (C=O) groups excluding carboxylic acids is 1. The van der Waals surface area contributed by atoms with E-state index in [4.69, 9.17) is 16.3 Å².